The minimum Gasteiger partial charge on any atom is -0.272 e. The van der Waals surface area contributed by atoms with E-state index in [2.05, 4.69) is 36.5 Å². The number of hydrazone groups is 1. The van der Waals surface area contributed by atoms with Gasteiger partial charge in [0.05, 0.1) is 11.6 Å². The van der Waals surface area contributed by atoms with Crippen molar-refractivity contribution in [3.8, 4) is 0 Å². The van der Waals surface area contributed by atoms with Crippen LogP contribution in [0.15, 0.2) is 59.7 Å². The number of nitrogens with zero attached hydrogens (tertiary/aromatic N) is 1. The number of carbonyl (C=O) groups excluding carboxylic acids is 1. The molecule has 2 rings (SSSR count). The highest BCUT2D eigenvalue weighted by molar-refractivity contribution is 5.99. The fourth-order valence-corrected chi connectivity index (χ4v) is 2.54. The molecule has 0 radical (unpaired) electrons. The Bertz CT molecular complexity index is 688. The molecule has 126 valence electrons. The van der Waals surface area contributed by atoms with Gasteiger partial charge in [-0.05, 0) is 42.9 Å². The maximum Gasteiger partial charge on any atom is 0.247 e. The van der Waals surface area contributed by atoms with E-state index < -0.39 is 0 Å². The molecular formula is C21H26N2O. The summed E-state index contributed by atoms with van der Waals surface area (Å²) in [6.07, 6.45) is 1.06. The molecule has 1 amide bonds. The monoisotopic (exact) mass is 322 g/mol. The van der Waals surface area contributed by atoms with Gasteiger partial charge >= 0.3 is 0 Å². The third kappa shape index (κ3) is 5.05. The van der Waals surface area contributed by atoms with Crippen molar-refractivity contribution in [3.05, 3.63) is 71.3 Å². The third-order valence-corrected chi connectivity index (χ3v) is 4.04. The number of hydrogen-bond acceptors (Lipinski definition) is 2. The molecule has 0 saturated heterocycles. The van der Waals surface area contributed by atoms with Crippen LogP contribution in [-0.4, -0.2) is 11.6 Å². The summed E-state index contributed by atoms with van der Waals surface area (Å²) in [4.78, 5) is 12.3. The van der Waals surface area contributed by atoms with Crippen molar-refractivity contribution in [3.63, 3.8) is 0 Å². The Morgan fingerprint density at radius 1 is 1.00 bits per heavy atom. The number of hydrogen-bond donors (Lipinski definition) is 1. The first kappa shape index (κ1) is 17.9. The summed E-state index contributed by atoms with van der Waals surface area (Å²) >= 11 is 0. The summed E-state index contributed by atoms with van der Waals surface area (Å²) in [5.74, 6) is 0.305. The summed E-state index contributed by atoms with van der Waals surface area (Å²) in [7, 11) is 0. The van der Waals surface area contributed by atoms with Crippen LogP contribution in [0.3, 0.4) is 0 Å². The molecule has 0 saturated carbocycles. The van der Waals surface area contributed by atoms with Gasteiger partial charge in [-0.3, -0.25) is 4.79 Å². The largest absolute Gasteiger partial charge is 0.272 e. The minimum absolute atomic E-state index is 0.0955. The molecule has 1 N–H and O–H groups in total. The average Bonchev–Trinajstić information content (AvgIpc) is 2.59. The van der Waals surface area contributed by atoms with Crippen LogP contribution in [0.1, 0.15) is 50.3 Å². The molecule has 0 aromatic heterocycles. The van der Waals surface area contributed by atoms with E-state index >= 15 is 0 Å². The highest BCUT2D eigenvalue weighted by atomic mass is 16.2. The number of carbonyl (C=O) groups is 1. The molecule has 1 atom stereocenters. The summed E-state index contributed by atoms with van der Waals surface area (Å²) in [5, 5.41) is 4.21. The third-order valence-electron chi connectivity index (χ3n) is 4.04. The molecule has 0 aliphatic rings. The Labute approximate surface area is 144 Å². The summed E-state index contributed by atoms with van der Waals surface area (Å²) in [6.45, 7) is 8.20. The number of amides is 1. The van der Waals surface area contributed by atoms with E-state index in [4.69, 9.17) is 0 Å². The van der Waals surface area contributed by atoms with Crippen molar-refractivity contribution >= 4 is 11.6 Å². The lowest BCUT2D eigenvalue weighted by atomic mass is 9.96. The Morgan fingerprint density at radius 3 is 2.21 bits per heavy atom. The fraction of sp³-hybridized carbons (Fsp3) is 0.333. The van der Waals surface area contributed by atoms with Gasteiger partial charge in [-0.15, -0.1) is 0 Å². The van der Waals surface area contributed by atoms with Crippen LogP contribution in [0.25, 0.3) is 0 Å². The Kier molecular flexibility index (Phi) is 6.30. The highest BCUT2D eigenvalue weighted by Crippen LogP contribution is 2.17. The average molecular weight is 322 g/mol. The highest BCUT2D eigenvalue weighted by Gasteiger charge is 2.15. The molecule has 0 bridgehead atoms. The number of rotatable bonds is 6. The zero-order valence-corrected chi connectivity index (χ0v) is 14.9. The van der Waals surface area contributed by atoms with E-state index in [0.717, 1.165) is 23.3 Å². The van der Waals surface area contributed by atoms with Gasteiger partial charge in [0.25, 0.3) is 0 Å². The van der Waals surface area contributed by atoms with Gasteiger partial charge in [-0.25, -0.2) is 5.43 Å². The zero-order chi connectivity index (χ0) is 17.5. The standard InChI is InChI=1S/C21H26N2O/c1-15(2)14-18-10-12-19(13-11-18)16(3)21(24)23-22-17(4)20-8-6-5-7-9-20/h5-13,15-16H,14H2,1-4H3,(H,23,24)/b22-17-/t16-/m0/s1. The van der Waals surface area contributed by atoms with Gasteiger partial charge in [-0.2, -0.15) is 5.10 Å². The van der Waals surface area contributed by atoms with Gasteiger partial charge in [0.2, 0.25) is 5.91 Å². The van der Waals surface area contributed by atoms with Crippen LogP contribution in [0.2, 0.25) is 0 Å². The Morgan fingerprint density at radius 2 is 1.62 bits per heavy atom. The Balaban J connectivity index is 1.99. The first-order chi connectivity index (χ1) is 11.5. The zero-order valence-electron chi connectivity index (χ0n) is 14.9. The van der Waals surface area contributed by atoms with E-state index in [0.29, 0.717) is 5.92 Å². The molecule has 3 nitrogen and oxygen atoms in total. The normalized spacial score (nSPS) is 13.0. The van der Waals surface area contributed by atoms with Crippen LogP contribution < -0.4 is 5.43 Å². The van der Waals surface area contributed by atoms with Gasteiger partial charge in [-0.1, -0.05) is 68.4 Å². The number of nitrogens with one attached hydrogen (secondary N) is 1. The van der Waals surface area contributed by atoms with Crippen LogP contribution >= 0.6 is 0 Å². The molecule has 2 aromatic carbocycles. The quantitative estimate of drug-likeness (QED) is 0.616. The molecular weight excluding hydrogens is 296 g/mol. The molecule has 2 aromatic rings. The van der Waals surface area contributed by atoms with Crippen molar-refractivity contribution in [1.29, 1.82) is 0 Å². The first-order valence-electron chi connectivity index (χ1n) is 8.45. The lowest BCUT2D eigenvalue weighted by molar-refractivity contribution is -0.122. The second kappa shape index (κ2) is 8.44. The molecule has 3 heteroatoms. The summed E-state index contributed by atoms with van der Waals surface area (Å²) in [6, 6.07) is 18.1. The van der Waals surface area contributed by atoms with E-state index in [9.17, 15) is 4.79 Å². The lowest BCUT2D eigenvalue weighted by Gasteiger charge is -2.12. The predicted molar refractivity (Wildman–Crippen MR) is 100 cm³/mol. The minimum atomic E-state index is -0.231. The van der Waals surface area contributed by atoms with Crippen LogP contribution in [0.4, 0.5) is 0 Å². The van der Waals surface area contributed by atoms with Crippen molar-refractivity contribution in [2.75, 3.05) is 0 Å². The van der Waals surface area contributed by atoms with Gasteiger partial charge < -0.3 is 0 Å². The lowest BCUT2D eigenvalue weighted by Crippen LogP contribution is -2.24. The van der Waals surface area contributed by atoms with Crippen molar-refractivity contribution in [1.82, 2.24) is 5.43 Å². The van der Waals surface area contributed by atoms with Crippen LogP contribution in [-0.2, 0) is 11.2 Å². The SMILES string of the molecule is C/C(=N/NC(=O)[C@@H](C)c1ccc(CC(C)C)cc1)c1ccccc1. The summed E-state index contributed by atoms with van der Waals surface area (Å²) < 4.78 is 0. The number of benzene rings is 2. The maximum atomic E-state index is 12.3. The van der Waals surface area contributed by atoms with Crippen molar-refractivity contribution in [2.45, 2.75) is 40.0 Å². The van der Waals surface area contributed by atoms with E-state index in [-0.39, 0.29) is 11.8 Å². The van der Waals surface area contributed by atoms with Crippen molar-refractivity contribution in [2.24, 2.45) is 11.0 Å². The molecule has 0 spiro atoms. The van der Waals surface area contributed by atoms with Crippen molar-refractivity contribution < 1.29 is 4.79 Å². The molecule has 24 heavy (non-hydrogen) atoms. The van der Waals surface area contributed by atoms with Crippen LogP contribution in [0.5, 0.6) is 0 Å². The molecule has 0 aliphatic heterocycles. The fourth-order valence-electron chi connectivity index (χ4n) is 2.54. The predicted octanol–water partition coefficient (Wildman–Crippen LogP) is 4.53. The second-order valence-corrected chi connectivity index (χ2v) is 6.60. The van der Waals surface area contributed by atoms with Gasteiger partial charge in [0.15, 0.2) is 0 Å². The molecule has 0 unspecified atom stereocenters. The topological polar surface area (TPSA) is 41.5 Å². The maximum absolute atomic E-state index is 12.3. The molecule has 0 heterocycles. The van der Waals surface area contributed by atoms with Gasteiger partial charge in [0.1, 0.15) is 0 Å². The molecule has 0 aliphatic carbocycles. The summed E-state index contributed by atoms with van der Waals surface area (Å²) in [5.41, 5.74) is 6.79. The van der Waals surface area contributed by atoms with E-state index in [1.165, 1.54) is 5.56 Å². The smallest absolute Gasteiger partial charge is 0.247 e. The van der Waals surface area contributed by atoms with E-state index in [1.54, 1.807) is 0 Å². The van der Waals surface area contributed by atoms with E-state index in [1.807, 2.05) is 56.3 Å². The first-order valence-corrected chi connectivity index (χ1v) is 8.45. The Hall–Kier alpha value is -2.42. The molecule has 0 fully saturated rings. The second-order valence-electron chi connectivity index (χ2n) is 6.60. The van der Waals surface area contributed by atoms with Crippen LogP contribution in [0, 0.1) is 5.92 Å². The van der Waals surface area contributed by atoms with Gasteiger partial charge in [0, 0.05) is 0 Å².